The molecule has 51 heavy (non-hydrogen) atoms. The van der Waals surface area contributed by atoms with Gasteiger partial charge in [-0.05, 0) is 48.0 Å². The predicted octanol–water partition coefficient (Wildman–Crippen LogP) is 11.8. The van der Waals surface area contributed by atoms with Crippen LogP contribution in [-0.4, -0.2) is 19.5 Å². The fourth-order valence-electron chi connectivity index (χ4n) is 7.60. The van der Waals surface area contributed by atoms with Gasteiger partial charge in [-0.2, -0.15) is 9.97 Å². The number of rotatable bonds is 4. The zero-order valence-corrected chi connectivity index (χ0v) is 27.1. The number of fused-ring (bicyclic) bond motifs is 9. The smallest absolute Gasteiger partial charge is 0.238 e. The Balaban J connectivity index is 1.13. The van der Waals surface area contributed by atoms with Gasteiger partial charge in [0.25, 0.3) is 0 Å². The fourth-order valence-corrected chi connectivity index (χ4v) is 7.60. The average molecular weight is 655 g/mol. The molecule has 6 heteroatoms. The molecular weight excluding hydrogens is 629 g/mol. The third-order valence-corrected chi connectivity index (χ3v) is 9.88. The van der Waals surface area contributed by atoms with Crippen LogP contribution in [0.15, 0.2) is 167 Å². The van der Waals surface area contributed by atoms with Crippen molar-refractivity contribution in [1.29, 1.82) is 0 Å². The van der Waals surface area contributed by atoms with Crippen LogP contribution in [0.4, 0.5) is 0 Å². The normalized spacial score (nSPS) is 11.9. The second-order valence-corrected chi connectivity index (χ2v) is 12.8. The lowest BCUT2D eigenvalue weighted by molar-refractivity contribution is 0.668. The van der Waals surface area contributed by atoms with Crippen molar-refractivity contribution >= 4 is 65.7 Å². The topological polar surface area (TPSA) is 69.9 Å². The molecule has 6 nitrogen and oxygen atoms in total. The van der Waals surface area contributed by atoms with Crippen LogP contribution < -0.4 is 0 Å². The number of para-hydroxylation sites is 4. The summed E-state index contributed by atoms with van der Waals surface area (Å²) >= 11 is 0. The Morgan fingerprint density at radius 3 is 1.80 bits per heavy atom. The second-order valence-electron chi connectivity index (χ2n) is 12.8. The van der Waals surface area contributed by atoms with Gasteiger partial charge in [0.1, 0.15) is 22.3 Å². The van der Waals surface area contributed by atoms with Crippen LogP contribution in [0, 0.1) is 0 Å². The number of nitrogens with zero attached hydrogens (tertiary/aromatic N) is 4. The molecule has 0 amide bonds. The number of benzene rings is 7. The van der Waals surface area contributed by atoms with E-state index in [1.807, 2.05) is 66.7 Å². The molecule has 0 unspecified atom stereocenters. The molecule has 0 spiro atoms. The van der Waals surface area contributed by atoms with E-state index < -0.39 is 0 Å². The summed E-state index contributed by atoms with van der Waals surface area (Å²) in [5.41, 5.74) is 9.31. The van der Waals surface area contributed by atoms with E-state index in [0.717, 1.165) is 87.9 Å². The van der Waals surface area contributed by atoms with Gasteiger partial charge in [0.2, 0.25) is 5.95 Å². The minimum Gasteiger partial charge on any atom is -0.456 e. The highest BCUT2D eigenvalue weighted by Gasteiger charge is 2.20. The first-order valence-corrected chi connectivity index (χ1v) is 16.9. The van der Waals surface area contributed by atoms with Crippen LogP contribution in [-0.2, 0) is 0 Å². The van der Waals surface area contributed by atoms with Gasteiger partial charge in [-0.3, -0.25) is 4.57 Å². The molecule has 4 heterocycles. The van der Waals surface area contributed by atoms with Gasteiger partial charge in [-0.15, -0.1) is 0 Å². The minimum absolute atomic E-state index is 0.566. The van der Waals surface area contributed by atoms with Crippen LogP contribution in [0.5, 0.6) is 0 Å². The van der Waals surface area contributed by atoms with Crippen molar-refractivity contribution in [2.45, 2.75) is 0 Å². The Morgan fingerprint density at radius 1 is 0.392 bits per heavy atom. The number of furan rings is 2. The molecule has 0 saturated carbocycles. The molecule has 11 aromatic rings. The summed E-state index contributed by atoms with van der Waals surface area (Å²) in [6.45, 7) is 0. The van der Waals surface area contributed by atoms with E-state index in [1.165, 1.54) is 0 Å². The zero-order valence-electron chi connectivity index (χ0n) is 27.1. The summed E-state index contributed by atoms with van der Waals surface area (Å²) in [5, 5.41) is 6.48. The molecule has 0 aliphatic carbocycles. The zero-order chi connectivity index (χ0) is 33.5. The van der Waals surface area contributed by atoms with Gasteiger partial charge in [-0.1, -0.05) is 115 Å². The van der Waals surface area contributed by atoms with Crippen LogP contribution in [0.2, 0.25) is 0 Å². The van der Waals surface area contributed by atoms with E-state index in [4.69, 9.17) is 23.8 Å². The third kappa shape index (κ3) is 4.20. The fraction of sp³-hybridized carbons (Fsp3) is 0. The molecule has 0 aliphatic rings. The molecule has 0 radical (unpaired) electrons. The molecule has 7 aromatic carbocycles. The van der Waals surface area contributed by atoms with E-state index in [1.54, 1.807) is 0 Å². The minimum atomic E-state index is 0.566. The van der Waals surface area contributed by atoms with E-state index in [2.05, 4.69) is 95.6 Å². The average Bonchev–Trinajstić information content (AvgIpc) is 3.87. The van der Waals surface area contributed by atoms with Crippen LogP contribution in [0.3, 0.4) is 0 Å². The molecule has 0 saturated heterocycles. The molecule has 11 rings (SSSR count). The lowest BCUT2D eigenvalue weighted by atomic mass is 9.97. The van der Waals surface area contributed by atoms with Crippen molar-refractivity contribution in [2.75, 3.05) is 0 Å². The van der Waals surface area contributed by atoms with Gasteiger partial charge >= 0.3 is 0 Å². The van der Waals surface area contributed by atoms with Gasteiger partial charge < -0.3 is 8.83 Å². The van der Waals surface area contributed by atoms with Crippen molar-refractivity contribution in [3.8, 4) is 39.9 Å². The Kier molecular flexibility index (Phi) is 5.86. The van der Waals surface area contributed by atoms with E-state index in [9.17, 15) is 0 Å². The largest absolute Gasteiger partial charge is 0.456 e. The van der Waals surface area contributed by atoms with Crippen LogP contribution in [0.1, 0.15) is 0 Å². The van der Waals surface area contributed by atoms with Gasteiger partial charge in [-0.25, -0.2) is 4.98 Å². The molecular formula is C45H26N4O2. The molecule has 4 aromatic heterocycles. The van der Waals surface area contributed by atoms with Gasteiger partial charge in [0, 0.05) is 49.0 Å². The Bertz CT molecular complexity index is 3100. The third-order valence-electron chi connectivity index (χ3n) is 9.88. The lowest BCUT2D eigenvalue weighted by Crippen LogP contribution is -2.06. The van der Waals surface area contributed by atoms with Crippen molar-refractivity contribution < 1.29 is 8.83 Å². The first-order valence-electron chi connectivity index (χ1n) is 16.9. The summed E-state index contributed by atoms with van der Waals surface area (Å²) in [5.74, 6) is 1.76. The van der Waals surface area contributed by atoms with Crippen molar-refractivity contribution in [3.05, 3.63) is 158 Å². The highest BCUT2D eigenvalue weighted by molar-refractivity contribution is 6.17. The molecule has 0 aliphatic heterocycles. The SMILES string of the molecule is c1ccc(-c2nc(-c3ccc4oc5c(-c6cccc7oc8ccccc8c67)cccc5c4c3)nc(-n3c4ccccc4c4ccccc43)n2)cc1. The monoisotopic (exact) mass is 654 g/mol. The highest BCUT2D eigenvalue weighted by atomic mass is 16.3. The maximum absolute atomic E-state index is 6.65. The first-order chi connectivity index (χ1) is 25.3. The summed E-state index contributed by atoms with van der Waals surface area (Å²) < 4.78 is 15.0. The van der Waals surface area contributed by atoms with E-state index in [0.29, 0.717) is 17.6 Å². The standard InChI is InChI=1S/C45H26N4O2/c1-2-12-27(13-3-1)43-46-44(48-45(47-43)49-36-20-7-4-14-29(36)30-15-5-8-21-37(30)49)28-24-25-39-35(26-28)33-19-10-18-32(42(33)51-39)31-17-11-23-40-41(31)34-16-6-9-22-38(34)50-40/h1-26H. The molecule has 0 N–H and O–H groups in total. The van der Waals surface area contributed by atoms with E-state index in [-0.39, 0.29) is 0 Å². The first kappa shape index (κ1) is 27.9. The Hall–Kier alpha value is -7.05. The summed E-state index contributed by atoms with van der Waals surface area (Å²) in [4.78, 5) is 15.3. The number of hydrogen-bond acceptors (Lipinski definition) is 5. The maximum Gasteiger partial charge on any atom is 0.238 e. The predicted molar refractivity (Wildman–Crippen MR) is 205 cm³/mol. The van der Waals surface area contributed by atoms with Crippen molar-refractivity contribution in [3.63, 3.8) is 0 Å². The summed E-state index contributed by atoms with van der Waals surface area (Å²) in [6, 6.07) is 53.8. The Morgan fingerprint density at radius 2 is 1.00 bits per heavy atom. The number of hydrogen-bond donors (Lipinski definition) is 0. The number of aromatic nitrogens is 4. The summed E-state index contributed by atoms with van der Waals surface area (Å²) in [6.07, 6.45) is 0. The van der Waals surface area contributed by atoms with Gasteiger partial charge in [0.15, 0.2) is 11.6 Å². The van der Waals surface area contributed by atoms with Crippen molar-refractivity contribution in [1.82, 2.24) is 19.5 Å². The molecule has 0 fully saturated rings. The molecule has 0 atom stereocenters. The highest BCUT2D eigenvalue weighted by Crippen LogP contribution is 2.42. The second kappa shape index (κ2) is 10.7. The molecule has 0 bridgehead atoms. The van der Waals surface area contributed by atoms with Crippen molar-refractivity contribution in [2.24, 2.45) is 0 Å². The van der Waals surface area contributed by atoms with E-state index >= 15 is 0 Å². The molecule has 238 valence electrons. The maximum atomic E-state index is 6.65. The summed E-state index contributed by atoms with van der Waals surface area (Å²) in [7, 11) is 0. The van der Waals surface area contributed by atoms with Crippen LogP contribution >= 0.6 is 0 Å². The van der Waals surface area contributed by atoms with Gasteiger partial charge in [0.05, 0.1) is 11.0 Å². The van der Waals surface area contributed by atoms with Crippen LogP contribution in [0.25, 0.3) is 106 Å². The quantitative estimate of drug-likeness (QED) is 0.189. The Labute approximate surface area is 290 Å². The lowest BCUT2D eigenvalue weighted by Gasteiger charge is -2.11.